The number of thioether (sulfide) groups is 1. The standard InChI is InChI=1S/C20H17N3O2S/c1-13-7-5-6-8-14(13)11-17-19(25)23(15-9-3-2-4-10-15)20(26-17)16(12-21)18(22)24/h2-10,17H,11H2,1H3,(H2,22,24)/b20-16+/t17-/m0/s1. The maximum absolute atomic E-state index is 13.1. The maximum Gasteiger partial charge on any atom is 0.262 e. The fraction of sp³-hybridized carbons (Fsp3) is 0.150. The number of nitrogens with two attached hydrogens (primary N) is 1. The van der Waals surface area contributed by atoms with Crippen LogP contribution >= 0.6 is 11.8 Å². The molecule has 0 bridgehead atoms. The molecule has 1 atom stereocenters. The average Bonchev–Trinajstić information content (AvgIpc) is 2.94. The second-order valence-electron chi connectivity index (χ2n) is 5.90. The number of aryl methyl sites for hydroxylation is 1. The fourth-order valence-corrected chi connectivity index (χ4v) is 4.15. The third-order valence-corrected chi connectivity index (χ3v) is 5.47. The molecule has 0 saturated carbocycles. The SMILES string of the molecule is Cc1ccccc1C[C@@H]1S/C(=C(\C#N)C(N)=O)N(c2ccccc2)C1=O. The lowest BCUT2D eigenvalue weighted by Crippen LogP contribution is -2.31. The summed E-state index contributed by atoms with van der Waals surface area (Å²) < 4.78 is 0. The molecule has 5 nitrogen and oxygen atoms in total. The van der Waals surface area contributed by atoms with Crippen LogP contribution < -0.4 is 10.6 Å². The normalized spacial score (nSPS) is 18.5. The van der Waals surface area contributed by atoms with Crippen molar-refractivity contribution in [2.75, 3.05) is 4.90 Å². The highest BCUT2D eigenvalue weighted by molar-refractivity contribution is 8.05. The van der Waals surface area contributed by atoms with Gasteiger partial charge in [0.2, 0.25) is 5.91 Å². The number of anilines is 1. The summed E-state index contributed by atoms with van der Waals surface area (Å²) in [5.74, 6) is -0.992. The largest absolute Gasteiger partial charge is 0.365 e. The molecule has 2 N–H and O–H groups in total. The molecule has 1 aliphatic rings. The molecule has 0 spiro atoms. The molecule has 130 valence electrons. The topological polar surface area (TPSA) is 87.2 Å². The Kier molecular flexibility index (Phi) is 5.10. The van der Waals surface area contributed by atoms with Crippen molar-refractivity contribution in [3.63, 3.8) is 0 Å². The van der Waals surface area contributed by atoms with Gasteiger partial charge >= 0.3 is 0 Å². The van der Waals surface area contributed by atoms with Gasteiger partial charge in [-0.25, -0.2) is 0 Å². The Labute approximate surface area is 156 Å². The number of nitrogens with zero attached hydrogens (tertiary/aromatic N) is 2. The fourth-order valence-electron chi connectivity index (χ4n) is 2.85. The second-order valence-corrected chi connectivity index (χ2v) is 7.09. The van der Waals surface area contributed by atoms with E-state index in [2.05, 4.69) is 0 Å². The molecule has 0 unspecified atom stereocenters. The predicted molar refractivity (Wildman–Crippen MR) is 102 cm³/mol. The summed E-state index contributed by atoms with van der Waals surface area (Å²) in [6.45, 7) is 2.00. The zero-order valence-electron chi connectivity index (χ0n) is 14.2. The molecule has 0 aliphatic carbocycles. The highest BCUT2D eigenvalue weighted by Crippen LogP contribution is 2.41. The summed E-state index contributed by atoms with van der Waals surface area (Å²) in [6.07, 6.45) is 0.514. The first kappa shape index (κ1) is 17.8. The molecule has 1 saturated heterocycles. The van der Waals surface area contributed by atoms with Gasteiger partial charge in [0.25, 0.3) is 5.91 Å². The first-order chi connectivity index (χ1) is 12.5. The molecule has 26 heavy (non-hydrogen) atoms. The molecule has 0 radical (unpaired) electrons. The number of primary amides is 1. The summed E-state index contributed by atoms with van der Waals surface area (Å²) in [4.78, 5) is 26.2. The van der Waals surface area contributed by atoms with Gasteiger partial charge in [0.15, 0.2) is 0 Å². The predicted octanol–water partition coefficient (Wildman–Crippen LogP) is 2.91. The summed E-state index contributed by atoms with van der Waals surface area (Å²) in [5.41, 5.74) is 7.94. The number of para-hydroxylation sites is 1. The summed E-state index contributed by atoms with van der Waals surface area (Å²) in [7, 11) is 0. The van der Waals surface area contributed by atoms with Gasteiger partial charge in [-0.15, -0.1) is 0 Å². The van der Waals surface area contributed by atoms with Crippen molar-refractivity contribution in [2.45, 2.75) is 18.6 Å². The summed E-state index contributed by atoms with van der Waals surface area (Å²) in [6, 6.07) is 18.7. The van der Waals surface area contributed by atoms with E-state index < -0.39 is 11.2 Å². The van der Waals surface area contributed by atoms with Crippen LogP contribution in [0.5, 0.6) is 0 Å². The van der Waals surface area contributed by atoms with Crippen LogP contribution in [-0.4, -0.2) is 17.1 Å². The minimum Gasteiger partial charge on any atom is -0.365 e. The molecule has 0 aromatic heterocycles. The second kappa shape index (κ2) is 7.46. The number of carbonyl (C=O) groups is 2. The molecule has 6 heteroatoms. The van der Waals surface area contributed by atoms with E-state index in [-0.39, 0.29) is 11.5 Å². The number of rotatable bonds is 4. The Balaban J connectivity index is 2.04. The molecule has 1 aliphatic heterocycles. The van der Waals surface area contributed by atoms with Crippen LogP contribution in [0.25, 0.3) is 0 Å². The highest BCUT2D eigenvalue weighted by atomic mass is 32.2. The molecule has 1 heterocycles. The number of hydrogen-bond donors (Lipinski definition) is 1. The van der Waals surface area contributed by atoms with Gasteiger partial charge in [0, 0.05) is 5.69 Å². The van der Waals surface area contributed by atoms with E-state index >= 15 is 0 Å². The van der Waals surface area contributed by atoms with E-state index in [0.717, 1.165) is 11.1 Å². The molecular weight excluding hydrogens is 346 g/mol. The Hall–Kier alpha value is -3.04. The number of carbonyl (C=O) groups excluding carboxylic acids is 2. The van der Waals surface area contributed by atoms with Crippen LogP contribution in [0.4, 0.5) is 5.69 Å². The van der Waals surface area contributed by atoms with Crippen molar-refractivity contribution in [2.24, 2.45) is 5.73 Å². The summed E-state index contributed by atoms with van der Waals surface area (Å²) in [5, 5.41) is 9.25. The van der Waals surface area contributed by atoms with Gasteiger partial charge in [-0.2, -0.15) is 5.26 Å². The summed E-state index contributed by atoms with van der Waals surface area (Å²) >= 11 is 1.22. The molecule has 1 fully saturated rings. The van der Waals surface area contributed by atoms with Crippen LogP contribution in [0, 0.1) is 18.3 Å². The Morgan fingerprint density at radius 3 is 2.46 bits per heavy atom. The maximum atomic E-state index is 13.1. The molecular formula is C20H17N3O2S. The van der Waals surface area contributed by atoms with Gasteiger partial charge in [0.05, 0.1) is 5.25 Å². The van der Waals surface area contributed by atoms with Crippen LogP contribution in [0.1, 0.15) is 11.1 Å². The first-order valence-electron chi connectivity index (χ1n) is 8.07. The van der Waals surface area contributed by atoms with Crippen molar-refractivity contribution in [1.82, 2.24) is 0 Å². The molecule has 2 amide bonds. The highest BCUT2D eigenvalue weighted by Gasteiger charge is 2.40. The van der Waals surface area contributed by atoms with Crippen LogP contribution in [0.2, 0.25) is 0 Å². The third-order valence-electron chi connectivity index (χ3n) is 4.21. The van der Waals surface area contributed by atoms with E-state index in [1.807, 2.05) is 43.3 Å². The van der Waals surface area contributed by atoms with E-state index in [1.165, 1.54) is 16.7 Å². The van der Waals surface area contributed by atoms with Crippen molar-refractivity contribution in [1.29, 1.82) is 5.26 Å². The zero-order valence-corrected chi connectivity index (χ0v) is 15.0. The lowest BCUT2D eigenvalue weighted by molar-refractivity contribution is -0.117. The Bertz CT molecular complexity index is 932. The van der Waals surface area contributed by atoms with Crippen molar-refractivity contribution in [3.05, 3.63) is 76.3 Å². The van der Waals surface area contributed by atoms with E-state index in [0.29, 0.717) is 17.1 Å². The van der Waals surface area contributed by atoms with E-state index in [1.54, 1.807) is 24.3 Å². The Morgan fingerprint density at radius 1 is 1.19 bits per heavy atom. The van der Waals surface area contributed by atoms with Gasteiger partial charge in [-0.1, -0.05) is 54.2 Å². The number of amides is 2. The first-order valence-corrected chi connectivity index (χ1v) is 8.95. The van der Waals surface area contributed by atoms with Crippen LogP contribution in [-0.2, 0) is 16.0 Å². The molecule has 2 aromatic carbocycles. The minimum absolute atomic E-state index is 0.159. The zero-order chi connectivity index (χ0) is 18.7. The smallest absolute Gasteiger partial charge is 0.262 e. The van der Waals surface area contributed by atoms with Crippen molar-refractivity contribution < 1.29 is 9.59 Å². The van der Waals surface area contributed by atoms with Crippen molar-refractivity contribution in [3.8, 4) is 6.07 Å². The van der Waals surface area contributed by atoms with E-state index in [4.69, 9.17) is 5.73 Å². The molecule has 3 rings (SSSR count). The average molecular weight is 363 g/mol. The van der Waals surface area contributed by atoms with Crippen LogP contribution in [0.3, 0.4) is 0 Å². The van der Waals surface area contributed by atoms with E-state index in [9.17, 15) is 14.9 Å². The van der Waals surface area contributed by atoms with Crippen LogP contribution in [0.15, 0.2) is 65.2 Å². The number of nitriles is 1. The van der Waals surface area contributed by atoms with Crippen molar-refractivity contribution >= 4 is 29.3 Å². The molecule has 2 aromatic rings. The quantitative estimate of drug-likeness (QED) is 0.668. The number of hydrogen-bond acceptors (Lipinski definition) is 4. The monoisotopic (exact) mass is 363 g/mol. The van der Waals surface area contributed by atoms with Gasteiger partial charge in [-0.3, -0.25) is 14.5 Å². The Morgan fingerprint density at radius 2 is 1.85 bits per heavy atom. The lowest BCUT2D eigenvalue weighted by Gasteiger charge is -2.18. The van der Waals surface area contributed by atoms with Gasteiger partial charge in [-0.05, 0) is 36.6 Å². The lowest BCUT2D eigenvalue weighted by atomic mass is 10.0. The van der Waals surface area contributed by atoms with Gasteiger partial charge < -0.3 is 5.73 Å². The van der Waals surface area contributed by atoms with Gasteiger partial charge in [0.1, 0.15) is 16.7 Å². The minimum atomic E-state index is -0.833. The number of benzene rings is 2. The third kappa shape index (κ3) is 3.35.